The molecule has 1 aliphatic rings. The first-order valence-electron chi connectivity index (χ1n) is 10.3. The van der Waals surface area contributed by atoms with E-state index in [1.165, 1.54) is 29.0 Å². The number of likely N-dealkylation sites (N-methyl/N-ethyl adjacent to an activating group) is 1. The van der Waals surface area contributed by atoms with Gasteiger partial charge in [0.2, 0.25) is 5.91 Å². The number of imidazole rings is 1. The van der Waals surface area contributed by atoms with Crippen molar-refractivity contribution in [3.63, 3.8) is 0 Å². The van der Waals surface area contributed by atoms with E-state index in [0.29, 0.717) is 29.9 Å². The Morgan fingerprint density at radius 1 is 1.24 bits per heavy atom. The van der Waals surface area contributed by atoms with Gasteiger partial charge in [0.1, 0.15) is 0 Å². The van der Waals surface area contributed by atoms with Crippen molar-refractivity contribution in [1.29, 1.82) is 0 Å². The first-order valence-corrected chi connectivity index (χ1v) is 11.7. The summed E-state index contributed by atoms with van der Waals surface area (Å²) in [5.74, 6) is -0.396. The van der Waals surface area contributed by atoms with Crippen molar-refractivity contribution in [3.05, 3.63) is 70.5 Å². The molecule has 0 saturated carbocycles. The van der Waals surface area contributed by atoms with Crippen LogP contribution in [0.5, 0.6) is 0 Å². The molecule has 0 aliphatic carbocycles. The van der Waals surface area contributed by atoms with Crippen LogP contribution in [0.1, 0.15) is 11.3 Å². The maximum Gasteiger partial charge on any atom is 0.277 e. The van der Waals surface area contributed by atoms with Gasteiger partial charge in [0.25, 0.3) is 15.6 Å². The summed E-state index contributed by atoms with van der Waals surface area (Å²) in [7, 11) is -2.54. The van der Waals surface area contributed by atoms with Crippen LogP contribution in [-0.4, -0.2) is 68.2 Å². The number of nitrogens with zero attached hydrogens (tertiary/aromatic N) is 5. The molecule has 0 unspecified atom stereocenters. The zero-order valence-corrected chi connectivity index (χ0v) is 18.5. The van der Waals surface area contributed by atoms with Gasteiger partial charge in [-0.2, -0.15) is 4.31 Å². The summed E-state index contributed by atoms with van der Waals surface area (Å²) >= 11 is 0. The van der Waals surface area contributed by atoms with E-state index in [1.807, 2.05) is 36.4 Å². The highest BCUT2D eigenvalue weighted by atomic mass is 32.2. The van der Waals surface area contributed by atoms with Gasteiger partial charge in [-0.25, -0.2) is 22.9 Å². The number of rotatable bonds is 5. The maximum absolute atomic E-state index is 13.2. The number of hydrogen-bond acceptors (Lipinski definition) is 6. The number of hydrogen-bond donors (Lipinski definition) is 2. The van der Waals surface area contributed by atoms with E-state index < -0.39 is 15.9 Å². The molecule has 0 radical (unpaired) electrons. The van der Waals surface area contributed by atoms with Gasteiger partial charge in [0.05, 0.1) is 42.6 Å². The Hall–Kier alpha value is -3.77. The third-order valence-corrected chi connectivity index (χ3v) is 7.45. The minimum atomic E-state index is -3.87. The third-order valence-electron chi connectivity index (χ3n) is 5.72. The van der Waals surface area contributed by atoms with Gasteiger partial charge in [-0.05, 0) is 5.56 Å². The highest BCUT2D eigenvalue weighted by Gasteiger charge is 2.29. The number of aromatic amines is 2. The van der Waals surface area contributed by atoms with Crippen molar-refractivity contribution in [2.45, 2.75) is 18.0 Å². The Kier molecular flexibility index (Phi) is 5.10. The zero-order valence-electron chi connectivity index (χ0n) is 17.7. The summed E-state index contributed by atoms with van der Waals surface area (Å²) < 4.78 is 27.4. The summed E-state index contributed by atoms with van der Waals surface area (Å²) in [5, 5.41) is 2.99. The maximum atomic E-state index is 13.2. The molecule has 170 valence electrons. The summed E-state index contributed by atoms with van der Waals surface area (Å²) in [6, 6.07) is 11.4. The molecule has 0 saturated heterocycles. The Labute approximate surface area is 188 Å². The first kappa shape index (κ1) is 21.1. The average molecular weight is 468 g/mol. The van der Waals surface area contributed by atoms with E-state index in [9.17, 15) is 18.0 Å². The molecular formula is C21H21N7O4S. The fourth-order valence-corrected chi connectivity index (χ4v) is 4.90. The minimum Gasteiger partial charge on any atom is -0.337 e. The molecule has 3 aromatic heterocycles. The van der Waals surface area contributed by atoms with E-state index in [0.717, 1.165) is 15.6 Å². The molecular weight excluding hydrogens is 446 g/mol. The molecule has 33 heavy (non-hydrogen) atoms. The van der Waals surface area contributed by atoms with Gasteiger partial charge in [-0.1, -0.05) is 30.3 Å². The van der Waals surface area contributed by atoms with E-state index in [4.69, 9.17) is 0 Å². The lowest BCUT2D eigenvalue weighted by Crippen LogP contribution is -2.45. The van der Waals surface area contributed by atoms with Crippen LogP contribution >= 0.6 is 0 Å². The van der Waals surface area contributed by atoms with Gasteiger partial charge in [-0.3, -0.25) is 14.7 Å². The second-order valence-electron chi connectivity index (χ2n) is 7.81. The molecule has 1 amide bonds. The van der Waals surface area contributed by atoms with Crippen LogP contribution in [0, 0.1) is 0 Å². The largest absolute Gasteiger partial charge is 0.337 e. The predicted molar refractivity (Wildman–Crippen MR) is 119 cm³/mol. The number of H-pyrrole nitrogens is 2. The number of carbonyl (C=O) groups excluding carboxylic acids is 1. The SMILES string of the molecule is CN(CC(=O)N1CCc2nc3cc(-c4ccccc4)[nH]n3c(=O)c2C1)S(=O)(=O)c1cnc[nH]1. The fourth-order valence-electron chi connectivity index (χ4n) is 3.89. The fraction of sp³-hybridized carbons (Fsp3) is 0.238. The standard InChI is InChI=1S/C21H21N7O4S/c1-26(33(31,32)19-10-22-13-23-19)12-20(29)27-8-7-16-15(11-27)21(30)28-18(24-16)9-17(25-28)14-5-3-2-4-6-14/h2-6,9-10,13,25H,7-8,11-12H2,1H3,(H,22,23). The third kappa shape index (κ3) is 3.72. The second kappa shape index (κ2) is 7.98. The van der Waals surface area contributed by atoms with E-state index in [-0.39, 0.29) is 23.7 Å². The normalized spacial score (nSPS) is 14.1. The average Bonchev–Trinajstić information content (AvgIpc) is 3.50. The smallest absolute Gasteiger partial charge is 0.277 e. The first-order chi connectivity index (χ1) is 15.8. The van der Waals surface area contributed by atoms with Gasteiger partial charge in [-0.15, -0.1) is 0 Å². The van der Waals surface area contributed by atoms with Crippen LogP contribution in [0.2, 0.25) is 0 Å². The van der Waals surface area contributed by atoms with Gasteiger partial charge in [0, 0.05) is 26.1 Å². The number of benzene rings is 1. The lowest BCUT2D eigenvalue weighted by Gasteiger charge is -2.29. The van der Waals surface area contributed by atoms with Gasteiger partial charge in [0.15, 0.2) is 10.7 Å². The van der Waals surface area contributed by atoms with Crippen LogP contribution in [-0.2, 0) is 27.8 Å². The van der Waals surface area contributed by atoms with Crippen molar-refractivity contribution in [2.75, 3.05) is 20.1 Å². The minimum absolute atomic E-state index is 0.0700. The molecule has 0 atom stereocenters. The summed E-state index contributed by atoms with van der Waals surface area (Å²) in [6.07, 6.45) is 2.86. The molecule has 0 fully saturated rings. The Morgan fingerprint density at radius 3 is 2.76 bits per heavy atom. The predicted octanol–water partition coefficient (Wildman–Crippen LogP) is 0.618. The quantitative estimate of drug-likeness (QED) is 0.442. The van der Waals surface area contributed by atoms with Crippen molar-refractivity contribution in [1.82, 2.24) is 33.8 Å². The molecule has 12 heteroatoms. The van der Waals surface area contributed by atoms with Crippen LogP contribution in [0.15, 0.2) is 58.7 Å². The highest BCUT2D eigenvalue weighted by Crippen LogP contribution is 2.21. The Morgan fingerprint density at radius 2 is 2.03 bits per heavy atom. The van der Waals surface area contributed by atoms with Crippen LogP contribution in [0.25, 0.3) is 16.9 Å². The molecule has 0 spiro atoms. The number of carbonyl (C=O) groups is 1. The Bertz CT molecular complexity index is 1490. The van der Waals surface area contributed by atoms with Crippen LogP contribution < -0.4 is 5.56 Å². The van der Waals surface area contributed by atoms with Gasteiger partial charge >= 0.3 is 0 Å². The van der Waals surface area contributed by atoms with Crippen LogP contribution in [0.3, 0.4) is 0 Å². The Balaban J connectivity index is 1.39. The molecule has 5 rings (SSSR count). The van der Waals surface area contributed by atoms with Crippen molar-refractivity contribution >= 4 is 21.6 Å². The van der Waals surface area contributed by atoms with E-state index in [1.54, 1.807) is 0 Å². The lowest BCUT2D eigenvalue weighted by molar-refractivity contribution is -0.132. The number of amides is 1. The monoisotopic (exact) mass is 467 g/mol. The number of sulfonamides is 1. The summed E-state index contributed by atoms with van der Waals surface area (Å²) in [6.45, 7) is 0.0667. The molecule has 1 aromatic carbocycles. The summed E-state index contributed by atoms with van der Waals surface area (Å²) in [5.41, 5.74) is 3.02. The van der Waals surface area contributed by atoms with Crippen LogP contribution in [0.4, 0.5) is 0 Å². The molecule has 11 nitrogen and oxygen atoms in total. The molecule has 1 aliphatic heterocycles. The highest BCUT2D eigenvalue weighted by molar-refractivity contribution is 7.89. The molecule has 4 aromatic rings. The molecule has 4 heterocycles. The number of nitrogens with one attached hydrogen (secondary N) is 2. The van der Waals surface area contributed by atoms with E-state index in [2.05, 4.69) is 20.1 Å². The molecule has 2 N–H and O–H groups in total. The molecule has 0 bridgehead atoms. The zero-order chi connectivity index (χ0) is 23.2. The summed E-state index contributed by atoms with van der Waals surface area (Å²) in [4.78, 5) is 38.4. The topological polar surface area (TPSA) is 137 Å². The van der Waals surface area contributed by atoms with Crippen molar-refractivity contribution < 1.29 is 13.2 Å². The lowest BCUT2D eigenvalue weighted by atomic mass is 10.1. The van der Waals surface area contributed by atoms with Crippen molar-refractivity contribution in [2.24, 2.45) is 0 Å². The van der Waals surface area contributed by atoms with Crippen molar-refractivity contribution in [3.8, 4) is 11.3 Å². The van der Waals surface area contributed by atoms with Gasteiger partial charge < -0.3 is 9.88 Å². The van der Waals surface area contributed by atoms with E-state index >= 15 is 0 Å². The number of aromatic nitrogens is 5. The second-order valence-corrected chi connectivity index (χ2v) is 9.83. The number of fused-ring (bicyclic) bond motifs is 2.